The number of carbonyl (C=O) groups excluding carboxylic acids is 2. The van der Waals surface area contributed by atoms with E-state index in [-0.39, 0.29) is 16.9 Å². The summed E-state index contributed by atoms with van der Waals surface area (Å²) < 4.78 is 65.6. The van der Waals surface area contributed by atoms with E-state index in [1.54, 1.807) is 24.3 Å². The van der Waals surface area contributed by atoms with Crippen LogP contribution in [0, 0.1) is 17.6 Å². The van der Waals surface area contributed by atoms with Crippen LogP contribution < -0.4 is 5.32 Å². The van der Waals surface area contributed by atoms with E-state index in [1.807, 2.05) is 0 Å². The molecule has 0 unspecified atom stereocenters. The smallest absolute Gasteiger partial charge is 0.411 e. The zero-order valence-electron chi connectivity index (χ0n) is 19.9. The average molecular weight is 552 g/mol. The second kappa shape index (κ2) is 12.2. The fraction of sp³-hybridized carbons (Fsp3) is 0.231. The van der Waals surface area contributed by atoms with Crippen LogP contribution in [-0.2, 0) is 30.5 Å². The van der Waals surface area contributed by atoms with Crippen molar-refractivity contribution in [2.24, 2.45) is 5.92 Å². The molecule has 0 saturated carbocycles. The zero-order valence-corrected chi connectivity index (χ0v) is 21.5. The van der Waals surface area contributed by atoms with Gasteiger partial charge in [-0.1, -0.05) is 30.7 Å². The molecule has 7 nitrogen and oxygen atoms in total. The predicted molar refractivity (Wildman–Crippen MR) is 134 cm³/mol. The van der Waals surface area contributed by atoms with Gasteiger partial charge in [-0.3, -0.25) is 10.1 Å². The number of amides is 1. The number of ether oxygens (including phenoxy) is 2. The average Bonchev–Trinajstić information content (AvgIpc) is 2.85. The van der Waals surface area contributed by atoms with Crippen LogP contribution in [0.5, 0.6) is 0 Å². The summed E-state index contributed by atoms with van der Waals surface area (Å²) >= 11 is 5.87. The Morgan fingerprint density at radius 2 is 1.73 bits per heavy atom. The number of anilines is 1. The molecule has 0 aliphatic carbocycles. The Morgan fingerprint density at radius 1 is 1.03 bits per heavy atom. The largest absolute Gasteiger partial charge is 0.469 e. The van der Waals surface area contributed by atoms with Crippen LogP contribution in [0.4, 0.5) is 19.3 Å². The number of sulfone groups is 1. The summed E-state index contributed by atoms with van der Waals surface area (Å²) in [5.41, 5.74) is 0.538. The van der Waals surface area contributed by atoms with Crippen LogP contribution in [0.1, 0.15) is 23.3 Å². The van der Waals surface area contributed by atoms with Crippen molar-refractivity contribution in [3.8, 4) is 0 Å². The van der Waals surface area contributed by atoms with Gasteiger partial charge in [0.25, 0.3) is 0 Å². The molecule has 196 valence electrons. The third-order valence-electron chi connectivity index (χ3n) is 5.48. The Balaban J connectivity index is 1.81. The first-order chi connectivity index (χ1) is 17.5. The van der Waals surface area contributed by atoms with Gasteiger partial charge in [-0.15, -0.1) is 0 Å². The van der Waals surface area contributed by atoms with E-state index in [9.17, 15) is 26.8 Å². The molecule has 0 aliphatic rings. The minimum Gasteiger partial charge on any atom is -0.469 e. The summed E-state index contributed by atoms with van der Waals surface area (Å²) in [5, 5.41) is 1.23. The maximum atomic E-state index is 14.7. The summed E-state index contributed by atoms with van der Waals surface area (Å²) in [5.74, 6) is -3.16. The van der Waals surface area contributed by atoms with Gasteiger partial charge in [0, 0.05) is 22.2 Å². The number of carbonyl (C=O) groups is 2. The van der Waals surface area contributed by atoms with Crippen LogP contribution in [0.2, 0.25) is 5.02 Å². The molecule has 1 N–H and O–H groups in total. The van der Waals surface area contributed by atoms with E-state index in [1.165, 1.54) is 38.3 Å². The lowest BCUT2D eigenvalue weighted by atomic mass is 10.0. The molecule has 3 aromatic rings. The van der Waals surface area contributed by atoms with Gasteiger partial charge in [-0.2, -0.15) is 0 Å². The summed E-state index contributed by atoms with van der Waals surface area (Å²) in [4.78, 5) is 23.7. The molecular weight excluding hydrogens is 528 g/mol. The molecule has 37 heavy (non-hydrogen) atoms. The topological polar surface area (TPSA) is 98.8 Å². The quantitative estimate of drug-likeness (QED) is 0.341. The van der Waals surface area contributed by atoms with Gasteiger partial charge >= 0.3 is 12.1 Å². The zero-order chi connectivity index (χ0) is 27.2. The molecule has 0 heterocycles. The van der Waals surface area contributed by atoms with E-state index in [2.05, 4.69) is 10.1 Å². The van der Waals surface area contributed by atoms with Gasteiger partial charge in [0.1, 0.15) is 11.6 Å². The van der Waals surface area contributed by atoms with Crippen molar-refractivity contribution < 1.29 is 36.3 Å². The van der Waals surface area contributed by atoms with Crippen LogP contribution in [-0.4, -0.2) is 34.2 Å². The maximum absolute atomic E-state index is 14.7. The van der Waals surface area contributed by atoms with Crippen molar-refractivity contribution in [3.05, 3.63) is 94.5 Å². The maximum Gasteiger partial charge on any atom is 0.411 e. The van der Waals surface area contributed by atoms with E-state index in [0.717, 1.165) is 18.2 Å². The number of methoxy groups -OCH3 is 1. The Kier molecular flexibility index (Phi) is 9.23. The lowest BCUT2D eigenvalue weighted by Crippen LogP contribution is -2.27. The van der Waals surface area contributed by atoms with Crippen LogP contribution in [0.3, 0.4) is 0 Å². The molecule has 2 atom stereocenters. The molecule has 0 spiro atoms. The van der Waals surface area contributed by atoms with Gasteiger partial charge in [0.05, 0.1) is 30.3 Å². The molecule has 3 rings (SSSR count). The third kappa shape index (κ3) is 7.27. The highest BCUT2D eigenvalue weighted by atomic mass is 35.5. The Bertz CT molecular complexity index is 1380. The number of halogens is 3. The SMILES string of the molecule is COC(=O)Cc1cccc(NC(=O)OC[C@@H](C)[C@@H](c2cc(F)ccc2F)S(=O)(=O)c2ccc(Cl)cc2)c1. The number of hydrogen-bond donors (Lipinski definition) is 1. The van der Waals surface area contributed by atoms with Gasteiger partial charge in [-0.05, 0) is 60.2 Å². The highest BCUT2D eigenvalue weighted by Crippen LogP contribution is 2.37. The van der Waals surface area contributed by atoms with Crippen molar-refractivity contribution in [3.63, 3.8) is 0 Å². The Hall–Kier alpha value is -3.50. The standard InChI is InChI=1S/C26H24ClF2NO6S/c1-16(15-36-26(32)30-20-5-3-4-17(12-20)13-24(31)35-2)25(22-14-19(28)8-11-23(22)29)37(33,34)21-9-6-18(27)7-10-21/h3-12,14,16,25H,13,15H2,1-2H3,(H,30,32)/t16-,25+/m1/s1. The number of esters is 1. The van der Waals surface area contributed by atoms with Crippen LogP contribution >= 0.6 is 11.6 Å². The van der Waals surface area contributed by atoms with E-state index in [4.69, 9.17) is 16.3 Å². The van der Waals surface area contributed by atoms with E-state index >= 15 is 0 Å². The second-order valence-corrected chi connectivity index (χ2v) is 10.7. The van der Waals surface area contributed by atoms with Crippen molar-refractivity contribution in [1.82, 2.24) is 0 Å². The minimum atomic E-state index is -4.26. The van der Waals surface area contributed by atoms with E-state index < -0.39 is 51.3 Å². The summed E-state index contributed by atoms with van der Waals surface area (Å²) in [6.45, 7) is 1.02. The molecule has 11 heteroatoms. The van der Waals surface area contributed by atoms with Gasteiger partial charge in [-0.25, -0.2) is 22.0 Å². The number of benzene rings is 3. The molecule has 0 fully saturated rings. The first kappa shape index (κ1) is 28.1. The third-order valence-corrected chi connectivity index (χ3v) is 8.05. The van der Waals surface area contributed by atoms with Crippen molar-refractivity contribution >= 4 is 39.2 Å². The normalized spacial score (nSPS) is 12.9. The minimum absolute atomic E-state index is 0.00153. The predicted octanol–water partition coefficient (Wildman–Crippen LogP) is 5.73. The van der Waals surface area contributed by atoms with Crippen molar-refractivity contribution in [2.45, 2.75) is 23.5 Å². The number of nitrogens with one attached hydrogen (secondary N) is 1. The molecule has 0 radical (unpaired) electrons. The van der Waals surface area contributed by atoms with Gasteiger partial charge in [0.2, 0.25) is 0 Å². The first-order valence-electron chi connectivity index (χ1n) is 11.0. The highest BCUT2D eigenvalue weighted by molar-refractivity contribution is 7.91. The van der Waals surface area contributed by atoms with Crippen LogP contribution in [0.15, 0.2) is 71.6 Å². The second-order valence-electron chi connectivity index (χ2n) is 8.24. The molecule has 0 aromatic heterocycles. The molecule has 0 aliphatic heterocycles. The first-order valence-corrected chi connectivity index (χ1v) is 13.0. The molecular formula is C26H24ClF2NO6S. The van der Waals surface area contributed by atoms with E-state index in [0.29, 0.717) is 16.3 Å². The Morgan fingerprint density at radius 3 is 2.41 bits per heavy atom. The van der Waals surface area contributed by atoms with Gasteiger partial charge < -0.3 is 9.47 Å². The molecule has 3 aromatic carbocycles. The Labute approximate surface area is 218 Å². The number of rotatable bonds is 9. The summed E-state index contributed by atoms with van der Waals surface area (Å²) in [6, 6.07) is 14.2. The molecule has 0 bridgehead atoms. The molecule has 0 saturated heterocycles. The fourth-order valence-corrected chi connectivity index (χ4v) is 5.87. The lowest BCUT2D eigenvalue weighted by molar-refractivity contribution is -0.139. The van der Waals surface area contributed by atoms with Crippen molar-refractivity contribution in [1.29, 1.82) is 0 Å². The lowest BCUT2D eigenvalue weighted by Gasteiger charge is -2.25. The monoisotopic (exact) mass is 551 g/mol. The highest BCUT2D eigenvalue weighted by Gasteiger charge is 2.37. The fourth-order valence-electron chi connectivity index (χ4n) is 3.73. The number of hydrogen-bond acceptors (Lipinski definition) is 6. The molecule has 1 amide bonds. The summed E-state index contributed by atoms with van der Waals surface area (Å²) in [6.07, 6.45) is -0.897. The van der Waals surface area contributed by atoms with Gasteiger partial charge in [0.15, 0.2) is 9.84 Å². The summed E-state index contributed by atoms with van der Waals surface area (Å²) in [7, 11) is -2.99. The van der Waals surface area contributed by atoms with Crippen LogP contribution in [0.25, 0.3) is 0 Å². The van der Waals surface area contributed by atoms with Crippen molar-refractivity contribution in [2.75, 3.05) is 19.0 Å².